The minimum Gasteiger partial charge on any atom is -0.278 e. The monoisotopic (exact) mass is 316 g/mol. The number of hydrogen-bond acceptors (Lipinski definition) is 4. The number of amides is 2. The first-order valence-electron chi connectivity index (χ1n) is 8.03. The Kier molecular flexibility index (Phi) is 3.62. The second kappa shape index (κ2) is 5.63. The minimum atomic E-state index is -0.111. The molecule has 22 heavy (non-hydrogen) atoms. The van der Waals surface area contributed by atoms with Gasteiger partial charge in [0.25, 0.3) is 0 Å². The predicted molar refractivity (Wildman–Crippen MR) is 85.1 cm³/mol. The Labute approximate surface area is 134 Å². The van der Waals surface area contributed by atoms with Crippen LogP contribution in [0.25, 0.3) is 0 Å². The van der Waals surface area contributed by atoms with E-state index in [2.05, 4.69) is 22.4 Å². The van der Waals surface area contributed by atoms with Crippen LogP contribution >= 0.6 is 11.3 Å². The number of carbonyl (C=O) groups excluding carboxylic acids is 2. The fourth-order valence-electron chi connectivity index (χ4n) is 3.99. The molecule has 3 heterocycles. The number of nitrogens with zero attached hydrogens (tertiary/aromatic N) is 2. The van der Waals surface area contributed by atoms with Crippen molar-refractivity contribution in [3.8, 4) is 0 Å². The van der Waals surface area contributed by atoms with Crippen molar-refractivity contribution < 1.29 is 9.59 Å². The third-order valence-electron chi connectivity index (χ3n) is 5.16. The van der Waals surface area contributed by atoms with Gasteiger partial charge in [0.1, 0.15) is 0 Å². The summed E-state index contributed by atoms with van der Waals surface area (Å²) in [6.07, 6.45) is 7.78. The van der Waals surface area contributed by atoms with Crippen LogP contribution in [0.4, 0.5) is 0 Å². The number of allylic oxidation sites excluding steroid dienone is 2. The highest BCUT2D eigenvalue weighted by Gasteiger charge is 2.48. The van der Waals surface area contributed by atoms with Crippen molar-refractivity contribution in [3.05, 3.63) is 34.5 Å². The highest BCUT2D eigenvalue weighted by Crippen LogP contribution is 2.38. The molecule has 2 aliphatic heterocycles. The zero-order chi connectivity index (χ0) is 15.1. The van der Waals surface area contributed by atoms with Gasteiger partial charge in [-0.25, -0.2) is 0 Å². The van der Waals surface area contributed by atoms with Gasteiger partial charge in [0.15, 0.2) is 0 Å². The van der Waals surface area contributed by atoms with Crippen molar-refractivity contribution in [1.29, 1.82) is 0 Å². The molecule has 3 atom stereocenters. The molecule has 0 radical (unpaired) electrons. The smallest absolute Gasteiger partial charge is 0.234 e. The van der Waals surface area contributed by atoms with Gasteiger partial charge in [0.2, 0.25) is 11.8 Å². The van der Waals surface area contributed by atoms with Crippen molar-refractivity contribution >= 4 is 23.2 Å². The summed E-state index contributed by atoms with van der Waals surface area (Å²) >= 11 is 1.76. The first-order chi connectivity index (χ1) is 10.8. The number of hydrogen-bond donors (Lipinski definition) is 0. The summed E-state index contributed by atoms with van der Waals surface area (Å²) < 4.78 is 0. The molecule has 0 N–H and O–H groups in total. The van der Waals surface area contributed by atoms with Crippen LogP contribution in [0.2, 0.25) is 0 Å². The molecule has 3 aliphatic rings. The van der Waals surface area contributed by atoms with Gasteiger partial charge in [-0.05, 0) is 37.1 Å². The number of likely N-dealkylation sites (tertiary alicyclic amines) is 2. The standard InChI is InChI=1S/C17H20N2O2S/c20-16-12-5-1-2-6-13(12)17(21)19(16)11-18-9-3-7-14(18)15-8-4-10-22-15/h1-2,4,8,10,12-14H,3,5-7,9,11H2/t12-,13+,14-/m0/s1. The lowest BCUT2D eigenvalue weighted by molar-refractivity contribution is -0.142. The van der Waals surface area contributed by atoms with Crippen LogP contribution in [0.15, 0.2) is 29.7 Å². The van der Waals surface area contributed by atoms with Gasteiger partial charge in [-0.1, -0.05) is 18.2 Å². The maximum atomic E-state index is 12.6. The maximum absolute atomic E-state index is 12.6. The molecule has 4 rings (SSSR count). The topological polar surface area (TPSA) is 40.6 Å². The fourth-order valence-corrected chi connectivity index (χ4v) is 4.88. The zero-order valence-electron chi connectivity index (χ0n) is 12.5. The number of thiophene rings is 1. The van der Waals surface area contributed by atoms with Crippen molar-refractivity contribution in [1.82, 2.24) is 9.80 Å². The van der Waals surface area contributed by atoms with Gasteiger partial charge in [-0.3, -0.25) is 19.4 Å². The second-order valence-corrected chi connectivity index (χ2v) is 7.37. The summed E-state index contributed by atoms with van der Waals surface area (Å²) in [7, 11) is 0. The van der Waals surface area contributed by atoms with E-state index in [9.17, 15) is 9.59 Å². The molecule has 0 unspecified atom stereocenters. The van der Waals surface area contributed by atoms with E-state index in [1.54, 1.807) is 11.3 Å². The first kappa shape index (κ1) is 14.2. The fraction of sp³-hybridized carbons (Fsp3) is 0.529. The van der Waals surface area contributed by atoms with Crippen molar-refractivity contribution in [2.24, 2.45) is 11.8 Å². The van der Waals surface area contributed by atoms with Crippen LogP contribution in [-0.4, -0.2) is 34.8 Å². The van der Waals surface area contributed by atoms with Crippen LogP contribution in [0.5, 0.6) is 0 Å². The number of fused-ring (bicyclic) bond motifs is 1. The molecule has 5 heteroatoms. The highest BCUT2D eigenvalue weighted by atomic mass is 32.1. The van der Waals surface area contributed by atoms with E-state index in [1.165, 1.54) is 9.78 Å². The van der Waals surface area contributed by atoms with Crippen molar-refractivity contribution in [2.45, 2.75) is 31.7 Å². The molecule has 4 nitrogen and oxygen atoms in total. The van der Waals surface area contributed by atoms with Gasteiger partial charge in [-0.15, -0.1) is 11.3 Å². The second-order valence-electron chi connectivity index (χ2n) is 6.39. The lowest BCUT2D eigenvalue weighted by Crippen LogP contribution is -2.41. The molecular weight excluding hydrogens is 296 g/mol. The minimum absolute atomic E-state index is 0.0381. The van der Waals surface area contributed by atoms with Gasteiger partial charge in [0.05, 0.1) is 18.5 Å². The van der Waals surface area contributed by atoms with Crippen molar-refractivity contribution in [2.75, 3.05) is 13.2 Å². The average molecular weight is 316 g/mol. The van der Waals surface area contributed by atoms with Gasteiger partial charge >= 0.3 is 0 Å². The van der Waals surface area contributed by atoms with Crippen LogP contribution in [0.3, 0.4) is 0 Å². The Bertz CT molecular complexity index is 584. The highest BCUT2D eigenvalue weighted by molar-refractivity contribution is 7.10. The Balaban J connectivity index is 1.51. The number of imide groups is 1. The van der Waals surface area contributed by atoms with E-state index in [1.807, 2.05) is 12.2 Å². The molecular formula is C17H20N2O2S. The molecule has 0 spiro atoms. The molecule has 0 saturated carbocycles. The van der Waals surface area contributed by atoms with E-state index in [0.717, 1.165) is 32.2 Å². The Morgan fingerprint density at radius 2 is 1.86 bits per heavy atom. The third kappa shape index (κ3) is 2.23. The zero-order valence-corrected chi connectivity index (χ0v) is 13.3. The molecule has 116 valence electrons. The maximum Gasteiger partial charge on any atom is 0.234 e. The Morgan fingerprint density at radius 3 is 2.50 bits per heavy atom. The lowest BCUT2D eigenvalue weighted by atomic mass is 9.85. The summed E-state index contributed by atoms with van der Waals surface area (Å²) in [5, 5.41) is 2.10. The summed E-state index contributed by atoms with van der Waals surface area (Å²) in [6.45, 7) is 1.43. The average Bonchev–Trinajstić information content (AvgIpc) is 3.25. The van der Waals surface area contributed by atoms with E-state index < -0.39 is 0 Å². The Hall–Kier alpha value is -1.46. The molecule has 1 aliphatic carbocycles. The largest absolute Gasteiger partial charge is 0.278 e. The third-order valence-corrected chi connectivity index (χ3v) is 6.13. The molecule has 0 bridgehead atoms. The van der Waals surface area contributed by atoms with Crippen LogP contribution in [0.1, 0.15) is 36.6 Å². The van der Waals surface area contributed by atoms with E-state index in [4.69, 9.17) is 0 Å². The van der Waals surface area contributed by atoms with Crippen molar-refractivity contribution in [3.63, 3.8) is 0 Å². The Morgan fingerprint density at radius 1 is 1.14 bits per heavy atom. The molecule has 2 fully saturated rings. The SMILES string of the molecule is O=C1[C@H]2CC=CC[C@H]2C(=O)N1CN1CCC[C@H]1c1cccs1. The van der Waals surface area contributed by atoms with Gasteiger partial charge in [0, 0.05) is 17.5 Å². The normalized spacial score (nSPS) is 32.0. The molecule has 1 aromatic rings. The van der Waals surface area contributed by atoms with E-state index >= 15 is 0 Å². The predicted octanol–water partition coefficient (Wildman–Crippen LogP) is 2.79. The number of rotatable bonds is 3. The van der Waals surface area contributed by atoms with E-state index in [-0.39, 0.29) is 23.7 Å². The molecule has 0 aromatic carbocycles. The number of carbonyl (C=O) groups is 2. The van der Waals surface area contributed by atoms with Crippen LogP contribution < -0.4 is 0 Å². The molecule has 1 aromatic heterocycles. The summed E-state index contributed by atoms with van der Waals surface area (Å²) in [5.74, 6) is -0.145. The summed E-state index contributed by atoms with van der Waals surface area (Å²) in [4.78, 5) is 30.3. The molecule has 2 saturated heterocycles. The van der Waals surface area contributed by atoms with Crippen LogP contribution in [-0.2, 0) is 9.59 Å². The van der Waals surface area contributed by atoms with Gasteiger partial charge < -0.3 is 0 Å². The summed E-state index contributed by atoms with van der Waals surface area (Å²) in [6, 6.07) is 4.59. The van der Waals surface area contributed by atoms with Gasteiger partial charge in [-0.2, -0.15) is 0 Å². The lowest BCUT2D eigenvalue weighted by Gasteiger charge is -2.28. The molecule has 2 amide bonds. The van der Waals surface area contributed by atoms with E-state index in [0.29, 0.717) is 12.7 Å². The van der Waals surface area contributed by atoms with Crippen LogP contribution in [0, 0.1) is 11.8 Å². The quantitative estimate of drug-likeness (QED) is 0.636. The first-order valence-corrected chi connectivity index (χ1v) is 8.91. The summed E-state index contributed by atoms with van der Waals surface area (Å²) in [5.41, 5.74) is 0.